The van der Waals surface area contributed by atoms with E-state index in [0.717, 1.165) is 63.8 Å². The maximum atomic E-state index is 12.9. The van der Waals surface area contributed by atoms with E-state index in [0.29, 0.717) is 26.1 Å². The molecule has 0 spiro atoms. The van der Waals surface area contributed by atoms with Crippen LogP contribution in [0.3, 0.4) is 0 Å². The number of hydrogen-bond donors (Lipinski definition) is 1. The molecule has 0 aliphatic carbocycles. The summed E-state index contributed by atoms with van der Waals surface area (Å²) in [5, 5.41) is 4.58. The van der Waals surface area contributed by atoms with Crippen LogP contribution in [-0.2, 0) is 29.4 Å². The number of aryl methyl sites for hydroxylation is 1. The van der Waals surface area contributed by atoms with Gasteiger partial charge in [-0.25, -0.2) is 9.97 Å². The van der Waals surface area contributed by atoms with Gasteiger partial charge in [-0.2, -0.15) is 5.10 Å². The van der Waals surface area contributed by atoms with Crippen molar-refractivity contribution in [2.24, 2.45) is 7.05 Å². The van der Waals surface area contributed by atoms with Gasteiger partial charge in [0.1, 0.15) is 17.1 Å². The van der Waals surface area contributed by atoms with Crippen molar-refractivity contribution in [3.05, 3.63) is 84.2 Å². The van der Waals surface area contributed by atoms with Crippen LogP contribution >= 0.6 is 0 Å². The third kappa shape index (κ3) is 4.88. The summed E-state index contributed by atoms with van der Waals surface area (Å²) in [6.45, 7) is 3.02. The highest BCUT2D eigenvalue weighted by Crippen LogP contribution is 2.27. The Balaban J connectivity index is 1.15. The molecule has 8 nitrogen and oxygen atoms in total. The normalized spacial score (nSPS) is 13.8. The largest absolute Gasteiger partial charge is 0.378 e. The Morgan fingerprint density at radius 3 is 2.54 bits per heavy atom. The summed E-state index contributed by atoms with van der Waals surface area (Å²) in [7, 11) is 1.89. The molecule has 6 rings (SSSR count). The molecule has 37 heavy (non-hydrogen) atoms. The number of benzene rings is 2. The van der Waals surface area contributed by atoms with Gasteiger partial charge in [-0.1, -0.05) is 54.6 Å². The lowest BCUT2D eigenvalue weighted by Gasteiger charge is -2.27. The number of Topliss-reactive ketones (excluding diaryl/α,β-unsaturated/α-hetero) is 1. The lowest BCUT2D eigenvalue weighted by Crippen LogP contribution is -2.36. The van der Waals surface area contributed by atoms with Gasteiger partial charge in [0.05, 0.1) is 24.4 Å². The number of nitrogens with zero attached hydrogens (tertiary/aromatic N) is 5. The summed E-state index contributed by atoms with van der Waals surface area (Å²) in [5.74, 6) is 1.83. The highest BCUT2D eigenvalue weighted by molar-refractivity contribution is 5.89. The average molecular weight is 493 g/mol. The van der Waals surface area contributed by atoms with Crippen LogP contribution in [0.1, 0.15) is 11.3 Å². The van der Waals surface area contributed by atoms with Gasteiger partial charge in [0.15, 0.2) is 5.82 Å². The molecule has 5 aromatic rings. The molecule has 0 unspecified atom stereocenters. The van der Waals surface area contributed by atoms with Gasteiger partial charge in [0, 0.05) is 56.0 Å². The molecule has 4 heterocycles. The predicted molar refractivity (Wildman–Crippen MR) is 143 cm³/mol. The van der Waals surface area contributed by atoms with Crippen molar-refractivity contribution < 1.29 is 9.53 Å². The van der Waals surface area contributed by atoms with E-state index in [4.69, 9.17) is 9.72 Å². The summed E-state index contributed by atoms with van der Waals surface area (Å²) < 4.78 is 7.28. The smallest absolute Gasteiger partial charge is 0.156 e. The highest BCUT2D eigenvalue weighted by Gasteiger charge is 2.18. The van der Waals surface area contributed by atoms with E-state index in [1.54, 1.807) is 4.68 Å². The van der Waals surface area contributed by atoms with Crippen molar-refractivity contribution >= 4 is 22.6 Å². The minimum absolute atomic E-state index is 0.153. The first-order valence-corrected chi connectivity index (χ1v) is 12.5. The van der Waals surface area contributed by atoms with Crippen LogP contribution < -0.4 is 4.90 Å². The topological polar surface area (TPSA) is 88.9 Å². The van der Waals surface area contributed by atoms with E-state index in [2.05, 4.69) is 20.0 Å². The molecule has 0 atom stereocenters. The Bertz CT molecular complexity index is 1530. The van der Waals surface area contributed by atoms with Crippen LogP contribution in [0.5, 0.6) is 0 Å². The molecule has 0 radical (unpaired) electrons. The Morgan fingerprint density at radius 2 is 1.76 bits per heavy atom. The number of aromatic amines is 1. The van der Waals surface area contributed by atoms with Gasteiger partial charge in [-0.05, 0) is 17.7 Å². The second-order valence-corrected chi connectivity index (χ2v) is 9.32. The third-order valence-electron chi connectivity index (χ3n) is 6.75. The van der Waals surface area contributed by atoms with E-state index < -0.39 is 0 Å². The number of carbonyl (C=O) groups is 1. The molecule has 2 aromatic carbocycles. The number of hydrogen-bond acceptors (Lipinski definition) is 6. The molecule has 1 saturated heterocycles. The van der Waals surface area contributed by atoms with Gasteiger partial charge in [0.25, 0.3) is 0 Å². The Morgan fingerprint density at radius 1 is 0.973 bits per heavy atom. The molecule has 1 aliphatic heterocycles. The SMILES string of the molecule is Cn1nc(-c2ccccc2)cc1CC(=O)Cc1ccc(-c2nc3c(N4CCOCC4)nccc3[nH]2)cc1. The minimum Gasteiger partial charge on any atom is -0.378 e. The summed E-state index contributed by atoms with van der Waals surface area (Å²) in [6.07, 6.45) is 2.53. The summed E-state index contributed by atoms with van der Waals surface area (Å²) in [6, 6.07) is 22.0. The predicted octanol–water partition coefficient (Wildman–Crippen LogP) is 4.22. The van der Waals surface area contributed by atoms with Crippen LogP contribution in [0.25, 0.3) is 33.7 Å². The van der Waals surface area contributed by atoms with Gasteiger partial charge in [0.2, 0.25) is 0 Å². The lowest BCUT2D eigenvalue weighted by atomic mass is 10.0. The maximum Gasteiger partial charge on any atom is 0.156 e. The molecule has 8 heteroatoms. The number of aromatic nitrogens is 5. The zero-order chi connectivity index (χ0) is 25.2. The molecule has 0 saturated carbocycles. The minimum atomic E-state index is 0.153. The molecule has 1 N–H and O–H groups in total. The first-order chi connectivity index (χ1) is 18.1. The average Bonchev–Trinajstić information content (AvgIpc) is 3.53. The third-order valence-corrected chi connectivity index (χ3v) is 6.75. The van der Waals surface area contributed by atoms with E-state index >= 15 is 0 Å². The van der Waals surface area contributed by atoms with Crippen molar-refractivity contribution in [2.45, 2.75) is 12.8 Å². The molecule has 186 valence electrons. The van der Waals surface area contributed by atoms with Gasteiger partial charge in [-0.15, -0.1) is 0 Å². The van der Waals surface area contributed by atoms with Crippen molar-refractivity contribution in [1.82, 2.24) is 24.7 Å². The molecule has 0 bridgehead atoms. The van der Waals surface area contributed by atoms with Crippen LogP contribution in [0.4, 0.5) is 5.82 Å². The number of ether oxygens (including phenoxy) is 1. The highest BCUT2D eigenvalue weighted by atomic mass is 16.5. The number of pyridine rings is 1. The van der Waals surface area contributed by atoms with E-state index in [1.165, 1.54) is 0 Å². The molecule has 1 aliphatic rings. The van der Waals surface area contributed by atoms with Crippen molar-refractivity contribution in [3.63, 3.8) is 0 Å². The number of morpholine rings is 1. The Hall–Kier alpha value is -4.30. The van der Waals surface area contributed by atoms with E-state index in [-0.39, 0.29) is 5.78 Å². The van der Waals surface area contributed by atoms with Crippen LogP contribution in [0.15, 0.2) is 72.9 Å². The zero-order valence-electron chi connectivity index (χ0n) is 20.7. The van der Waals surface area contributed by atoms with Crippen molar-refractivity contribution in [1.29, 1.82) is 0 Å². The second kappa shape index (κ2) is 9.99. The first-order valence-electron chi connectivity index (χ1n) is 12.5. The monoisotopic (exact) mass is 492 g/mol. The quantitative estimate of drug-likeness (QED) is 0.366. The fourth-order valence-electron chi connectivity index (χ4n) is 4.76. The van der Waals surface area contributed by atoms with Crippen LogP contribution in [0, 0.1) is 0 Å². The fraction of sp³-hybridized carbons (Fsp3) is 0.241. The van der Waals surface area contributed by atoms with E-state index in [9.17, 15) is 4.79 Å². The molecule has 3 aromatic heterocycles. The second-order valence-electron chi connectivity index (χ2n) is 9.32. The number of anilines is 1. The van der Waals surface area contributed by atoms with Gasteiger partial charge in [-0.3, -0.25) is 9.48 Å². The molecule has 0 amide bonds. The molecule has 1 fully saturated rings. The number of rotatable bonds is 7. The first kappa shape index (κ1) is 23.1. The Labute approximate surface area is 214 Å². The number of nitrogens with one attached hydrogen (secondary N) is 1. The maximum absolute atomic E-state index is 12.9. The summed E-state index contributed by atoms with van der Waals surface area (Å²) in [5.41, 5.74) is 6.61. The summed E-state index contributed by atoms with van der Waals surface area (Å²) >= 11 is 0. The van der Waals surface area contributed by atoms with Gasteiger partial charge < -0.3 is 14.6 Å². The van der Waals surface area contributed by atoms with Crippen molar-refractivity contribution in [3.8, 4) is 22.6 Å². The number of H-pyrrole nitrogens is 1. The number of imidazole rings is 1. The summed E-state index contributed by atoms with van der Waals surface area (Å²) in [4.78, 5) is 28.0. The van der Waals surface area contributed by atoms with Gasteiger partial charge >= 0.3 is 0 Å². The molecular formula is C29H28N6O2. The number of carbonyl (C=O) groups excluding carboxylic acids is 1. The Kier molecular flexibility index (Phi) is 6.24. The zero-order valence-corrected chi connectivity index (χ0v) is 20.7. The number of fused-ring (bicyclic) bond motifs is 1. The molecular weight excluding hydrogens is 464 g/mol. The standard InChI is InChI=1S/C29H28N6O2/c1-34-23(19-26(33-34)21-5-3-2-4-6-21)18-24(36)17-20-7-9-22(10-8-20)28-31-25-11-12-30-29(27(25)32-28)35-13-15-37-16-14-35/h2-12,19H,13-18H2,1H3,(H,31,32). The van der Waals surface area contributed by atoms with Crippen LogP contribution in [0.2, 0.25) is 0 Å². The fourth-order valence-corrected chi connectivity index (χ4v) is 4.76. The van der Waals surface area contributed by atoms with Crippen molar-refractivity contribution in [2.75, 3.05) is 31.2 Å². The van der Waals surface area contributed by atoms with E-state index in [1.807, 2.05) is 80.0 Å². The lowest BCUT2D eigenvalue weighted by molar-refractivity contribution is -0.117. The van der Waals surface area contributed by atoms with Crippen LogP contribution in [-0.4, -0.2) is 56.8 Å². The number of ketones is 1.